The molecule has 1 amide bonds. The van der Waals surface area contributed by atoms with Gasteiger partial charge < -0.3 is 10.2 Å². The van der Waals surface area contributed by atoms with Gasteiger partial charge in [-0.05, 0) is 80.8 Å². The monoisotopic (exact) mass is 417 g/mol. The van der Waals surface area contributed by atoms with Crippen LogP contribution < -0.4 is 5.32 Å². The van der Waals surface area contributed by atoms with Gasteiger partial charge in [0, 0.05) is 37.3 Å². The van der Waals surface area contributed by atoms with Crippen LogP contribution >= 0.6 is 0 Å². The van der Waals surface area contributed by atoms with Crippen LogP contribution in [0.1, 0.15) is 72.2 Å². The summed E-state index contributed by atoms with van der Waals surface area (Å²) in [6, 6.07) is 18.1. The lowest BCUT2D eigenvalue weighted by molar-refractivity contribution is 0.0551. The SMILES string of the molecule is CCN(C(=O)c1ccc2c(c1)CCN1C[C@H]3CCCN[C@H]3C[C@@H]21)[C@H](C)c1ccccc1. The maximum Gasteiger partial charge on any atom is 0.254 e. The van der Waals surface area contributed by atoms with Gasteiger partial charge in [-0.25, -0.2) is 0 Å². The van der Waals surface area contributed by atoms with E-state index in [0.29, 0.717) is 18.6 Å². The molecule has 2 fully saturated rings. The summed E-state index contributed by atoms with van der Waals surface area (Å²) in [5.41, 5.74) is 4.85. The second-order valence-corrected chi connectivity index (χ2v) is 9.55. The number of nitrogens with zero attached hydrogens (tertiary/aromatic N) is 2. The van der Waals surface area contributed by atoms with Crippen molar-refractivity contribution in [3.8, 4) is 0 Å². The van der Waals surface area contributed by atoms with Gasteiger partial charge in [0.15, 0.2) is 0 Å². The van der Waals surface area contributed by atoms with Crippen molar-refractivity contribution in [1.82, 2.24) is 15.1 Å². The molecule has 4 nitrogen and oxygen atoms in total. The third kappa shape index (κ3) is 3.92. The van der Waals surface area contributed by atoms with Gasteiger partial charge in [-0.3, -0.25) is 9.69 Å². The first-order valence-electron chi connectivity index (χ1n) is 12.1. The van der Waals surface area contributed by atoms with Crippen molar-refractivity contribution in [2.75, 3.05) is 26.2 Å². The highest BCUT2D eigenvalue weighted by Crippen LogP contribution is 2.40. The average molecular weight is 418 g/mol. The van der Waals surface area contributed by atoms with Crippen molar-refractivity contribution in [3.05, 3.63) is 70.8 Å². The largest absolute Gasteiger partial charge is 0.332 e. The molecule has 31 heavy (non-hydrogen) atoms. The van der Waals surface area contributed by atoms with Crippen molar-refractivity contribution < 1.29 is 4.79 Å². The molecule has 0 saturated carbocycles. The number of benzene rings is 2. The molecule has 0 bridgehead atoms. The van der Waals surface area contributed by atoms with Gasteiger partial charge in [0.1, 0.15) is 0 Å². The Kier molecular flexibility index (Phi) is 5.85. The Hall–Kier alpha value is -2.17. The van der Waals surface area contributed by atoms with Gasteiger partial charge >= 0.3 is 0 Å². The summed E-state index contributed by atoms with van der Waals surface area (Å²) < 4.78 is 0. The number of fused-ring (bicyclic) bond motifs is 4. The predicted molar refractivity (Wildman–Crippen MR) is 125 cm³/mol. The number of rotatable bonds is 4. The topological polar surface area (TPSA) is 35.6 Å². The number of carbonyl (C=O) groups is 1. The minimum atomic E-state index is 0.0675. The molecule has 4 atom stereocenters. The first-order valence-corrected chi connectivity index (χ1v) is 12.1. The average Bonchev–Trinajstić information content (AvgIpc) is 2.83. The Balaban J connectivity index is 1.37. The summed E-state index contributed by atoms with van der Waals surface area (Å²) in [6.07, 6.45) is 4.94. The van der Waals surface area contributed by atoms with Crippen molar-refractivity contribution >= 4 is 5.91 Å². The molecule has 4 heteroatoms. The maximum atomic E-state index is 13.5. The predicted octanol–water partition coefficient (Wildman–Crippen LogP) is 4.58. The summed E-state index contributed by atoms with van der Waals surface area (Å²) in [6.45, 7) is 8.42. The third-order valence-electron chi connectivity index (χ3n) is 7.88. The maximum absolute atomic E-state index is 13.5. The Morgan fingerprint density at radius 2 is 2.06 bits per heavy atom. The molecule has 2 saturated heterocycles. The molecule has 2 aromatic carbocycles. The fourth-order valence-corrected chi connectivity index (χ4v) is 6.12. The highest BCUT2D eigenvalue weighted by Gasteiger charge is 2.39. The zero-order valence-electron chi connectivity index (χ0n) is 18.9. The van der Waals surface area contributed by atoms with Crippen LogP contribution in [0.2, 0.25) is 0 Å². The molecule has 0 spiro atoms. The second kappa shape index (κ2) is 8.76. The molecule has 0 unspecified atom stereocenters. The van der Waals surface area contributed by atoms with E-state index in [1.54, 1.807) is 0 Å². The lowest BCUT2D eigenvalue weighted by atomic mass is 9.77. The van der Waals surface area contributed by atoms with E-state index in [-0.39, 0.29) is 11.9 Å². The Morgan fingerprint density at radius 3 is 2.87 bits per heavy atom. The minimum Gasteiger partial charge on any atom is -0.332 e. The standard InChI is InChI=1S/C27H35N3O/c1-3-30(19(2)20-8-5-4-6-9-20)27(31)22-11-12-24-21(16-22)13-15-29-18-23-10-7-14-28-25(23)17-26(24)29/h4-6,8-9,11-12,16,19,23,25-26,28H,3,7,10,13-15,17-18H2,1-2H3/t19-,23-,25+,26+/m1/s1. The van der Waals surface area contributed by atoms with Crippen molar-refractivity contribution in [2.24, 2.45) is 5.92 Å². The molecule has 3 aliphatic heterocycles. The summed E-state index contributed by atoms with van der Waals surface area (Å²) in [4.78, 5) is 18.1. The van der Waals surface area contributed by atoms with E-state index in [1.165, 1.54) is 49.0 Å². The van der Waals surface area contributed by atoms with E-state index >= 15 is 0 Å². The Bertz CT molecular complexity index is 927. The molecular formula is C27H35N3O. The van der Waals surface area contributed by atoms with Crippen LogP contribution in [-0.2, 0) is 6.42 Å². The highest BCUT2D eigenvalue weighted by molar-refractivity contribution is 5.94. The minimum absolute atomic E-state index is 0.0675. The van der Waals surface area contributed by atoms with E-state index in [2.05, 4.69) is 54.4 Å². The summed E-state index contributed by atoms with van der Waals surface area (Å²) in [5, 5.41) is 3.78. The zero-order valence-corrected chi connectivity index (χ0v) is 18.9. The van der Waals surface area contributed by atoms with Gasteiger partial charge in [-0.1, -0.05) is 36.4 Å². The van der Waals surface area contributed by atoms with Gasteiger partial charge in [-0.15, -0.1) is 0 Å². The smallest absolute Gasteiger partial charge is 0.254 e. The van der Waals surface area contributed by atoms with E-state index in [4.69, 9.17) is 0 Å². The van der Waals surface area contributed by atoms with Crippen LogP contribution in [0.5, 0.6) is 0 Å². The third-order valence-corrected chi connectivity index (χ3v) is 7.88. The fourth-order valence-electron chi connectivity index (χ4n) is 6.12. The molecule has 3 heterocycles. The van der Waals surface area contributed by atoms with E-state index in [0.717, 1.165) is 24.4 Å². The van der Waals surface area contributed by atoms with Crippen LogP contribution in [0, 0.1) is 5.92 Å². The van der Waals surface area contributed by atoms with Gasteiger partial charge in [0.25, 0.3) is 5.91 Å². The van der Waals surface area contributed by atoms with Crippen LogP contribution in [0.15, 0.2) is 48.5 Å². The van der Waals surface area contributed by atoms with E-state index in [9.17, 15) is 4.79 Å². The normalized spacial score (nSPS) is 26.3. The zero-order chi connectivity index (χ0) is 21.4. The lowest BCUT2D eigenvalue weighted by Gasteiger charge is -2.49. The lowest BCUT2D eigenvalue weighted by Crippen LogP contribution is -2.54. The molecule has 1 N–H and O–H groups in total. The van der Waals surface area contributed by atoms with Crippen LogP contribution in [0.25, 0.3) is 0 Å². The molecular weight excluding hydrogens is 382 g/mol. The van der Waals surface area contributed by atoms with Crippen LogP contribution in [0.4, 0.5) is 0 Å². The number of piperidine rings is 2. The van der Waals surface area contributed by atoms with Crippen LogP contribution in [0.3, 0.4) is 0 Å². The number of amides is 1. The first kappa shape index (κ1) is 20.7. The van der Waals surface area contributed by atoms with E-state index < -0.39 is 0 Å². The number of carbonyl (C=O) groups excluding carboxylic acids is 1. The molecule has 0 radical (unpaired) electrons. The van der Waals surface area contributed by atoms with Crippen molar-refractivity contribution in [1.29, 1.82) is 0 Å². The molecule has 0 aromatic heterocycles. The van der Waals surface area contributed by atoms with Gasteiger partial charge in [0.2, 0.25) is 0 Å². The first-order chi connectivity index (χ1) is 15.2. The molecule has 5 rings (SSSR count). The van der Waals surface area contributed by atoms with Gasteiger partial charge in [-0.2, -0.15) is 0 Å². The Morgan fingerprint density at radius 1 is 1.23 bits per heavy atom. The van der Waals surface area contributed by atoms with Crippen LogP contribution in [-0.4, -0.2) is 47.9 Å². The number of hydrogen-bond donors (Lipinski definition) is 1. The second-order valence-electron chi connectivity index (χ2n) is 9.55. The molecule has 0 aliphatic carbocycles. The molecule has 2 aromatic rings. The number of hydrogen-bond acceptors (Lipinski definition) is 3. The van der Waals surface area contributed by atoms with Crippen molar-refractivity contribution in [2.45, 2.75) is 57.7 Å². The summed E-state index contributed by atoms with van der Waals surface area (Å²) in [7, 11) is 0. The summed E-state index contributed by atoms with van der Waals surface area (Å²) in [5.74, 6) is 0.951. The van der Waals surface area contributed by atoms with E-state index in [1.807, 2.05) is 23.1 Å². The summed E-state index contributed by atoms with van der Waals surface area (Å²) >= 11 is 0. The quantitative estimate of drug-likeness (QED) is 0.791. The Labute approximate surface area is 186 Å². The van der Waals surface area contributed by atoms with Crippen molar-refractivity contribution in [3.63, 3.8) is 0 Å². The number of nitrogens with one attached hydrogen (secondary N) is 1. The molecule has 3 aliphatic rings. The molecule has 164 valence electrons. The highest BCUT2D eigenvalue weighted by atomic mass is 16.2. The van der Waals surface area contributed by atoms with Gasteiger partial charge in [0.05, 0.1) is 6.04 Å². The fraction of sp³-hybridized carbons (Fsp3) is 0.519.